The van der Waals surface area contributed by atoms with E-state index in [0.717, 1.165) is 16.7 Å². The molecule has 0 amide bonds. The first-order valence-electron chi connectivity index (χ1n) is 4.87. The normalized spacial score (nSPS) is 24.6. The Morgan fingerprint density at radius 3 is 2.71 bits per heavy atom. The summed E-state index contributed by atoms with van der Waals surface area (Å²) in [5, 5.41) is 0. The second kappa shape index (κ2) is 4.10. The van der Waals surface area contributed by atoms with E-state index >= 15 is 0 Å². The van der Waals surface area contributed by atoms with Crippen molar-refractivity contribution in [1.29, 1.82) is 0 Å². The van der Waals surface area contributed by atoms with Crippen LogP contribution in [0.15, 0.2) is 33.8 Å². The highest BCUT2D eigenvalue weighted by atomic mass is 19.1. The Bertz CT molecular complexity index is 601. The van der Waals surface area contributed by atoms with Gasteiger partial charge >= 0.3 is 5.69 Å². The summed E-state index contributed by atoms with van der Waals surface area (Å²) >= 11 is 0. The molecule has 1 aromatic heterocycles. The molecule has 0 spiro atoms. The maximum absolute atomic E-state index is 13.2. The standard InChI is InChI=1S/C10H9FN2O4/c1-5-9(15)6(11)4-8(17-5)13-3-2-7(14)12-10(13)16/h2-5,8H,1H3,(H,12,14,16)/t5-,8-/m1/s1. The molecule has 2 heterocycles. The fourth-order valence-corrected chi connectivity index (χ4v) is 1.49. The monoisotopic (exact) mass is 240 g/mol. The number of Topliss-reactive ketones (excluding diaryl/α,β-unsaturated/α-hetero) is 1. The molecule has 0 aromatic carbocycles. The van der Waals surface area contributed by atoms with Crippen molar-refractivity contribution in [3.63, 3.8) is 0 Å². The van der Waals surface area contributed by atoms with Crippen LogP contribution in [0, 0.1) is 0 Å². The third-order valence-electron chi connectivity index (χ3n) is 2.36. The number of aromatic nitrogens is 2. The zero-order valence-electron chi connectivity index (χ0n) is 8.84. The highest BCUT2D eigenvalue weighted by Gasteiger charge is 2.29. The maximum Gasteiger partial charge on any atom is 0.330 e. The Hall–Kier alpha value is -2.02. The van der Waals surface area contributed by atoms with Crippen molar-refractivity contribution >= 4 is 5.78 Å². The van der Waals surface area contributed by atoms with Crippen LogP contribution in [0.1, 0.15) is 13.2 Å². The summed E-state index contributed by atoms with van der Waals surface area (Å²) in [5.41, 5.74) is -1.29. The zero-order chi connectivity index (χ0) is 12.6. The van der Waals surface area contributed by atoms with Gasteiger partial charge in [-0.15, -0.1) is 0 Å². The van der Waals surface area contributed by atoms with Crippen molar-refractivity contribution in [2.45, 2.75) is 19.3 Å². The molecule has 2 atom stereocenters. The van der Waals surface area contributed by atoms with Crippen LogP contribution >= 0.6 is 0 Å². The molecular weight excluding hydrogens is 231 g/mol. The molecule has 0 saturated heterocycles. The molecule has 0 saturated carbocycles. The molecule has 7 heteroatoms. The molecule has 1 N–H and O–H groups in total. The van der Waals surface area contributed by atoms with Crippen molar-refractivity contribution in [2.24, 2.45) is 0 Å². The molecule has 0 fully saturated rings. The Morgan fingerprint density at radius 2 is 2.12 bits per heavy atom. The van der Waals surface area contributed by atoms with Crippen LogP contribution in [0.4, 0.5) is 4.39 Å². The number of carbonyl (C=O) groups excluding carboxylic acids is 1. The fraction of sp³-hybridized carbons (Fsp3) is 0.300. The van der Waals surface area contributed by atoms with Gasteiger partial charge < -0.3 is 4.74 Å². The van der Waals surface area contributed by atoms with E-state index in [1.165, 1.54) is 13.1 Å². The average Bonchev–Trinajstić information content (AvgIpc) is 2.25. The summed E-state index contributed by atoms with van der Waals surface area (Å²) in [7, 11) is 0. The first-order chi connectivity index (χ1) is 7.99. The van der Waals surface area contributed by atoms with Crippen molar-refractivity contribution < 1.29 is 13.9 Å². The van der Waals surface area contributed by atoms with Crippen LogP contribution < -0.4 is 11.2 Å². The van der Waals surface area contributed by atoms with E-state index in [1.54, 1.807) is 0 Å². The lowest BCUT2D eigenvalue weighted by molar-refractivity contribution is -0.135. The lowest BCUT2D eigenvalue weighted by Crippen LogP contribution is -2.37. The minimum atomic E-state index is -1.04. The quantitative estimate of drug-likeness (QED) is 0.741. The number of ketones is 1. The van der Waals surface area contributed by atoms with Crippen LogP contribution in [0.5, 0.6) is 0 Å². The van der Waals surface area contributed by atoms with E-state index in [1.807, 2.05) is 4.98 Å². The number of halogens is 1. The van der Waals surface area contributed by atoms with Gasteiger partial charge in [0.1, 0.15) is 6.10 Å². The van der Waals surface area contributed by atoms with Gasteiger partial charge in [-0.2, -0.15) is 0 Å². The van der Waals surface area contributed by atoms with Gasteiger partial charge in [-0.25, -0.2) is 9.18 Å². The largest absolute Gasteiger partial charge is 0.343 e. The molecule has 0 unspecified atom stereocenters. The summed E-state index contributed by atoms with van der Waals surface area (Å²) in [6.07, 6.45) is 0.0658. The number of hydrogen-bond acceptors (Lipinski definition) is 4. The van der Waals surface area contributed by atoms with E-state index in [0.29, 0.717) is 0 Å². The summed E-state index contributed by atoms with van der Waals surface area (Å²) in [6, 6.07) is 1.11. The predicted octanol–water partition coefficient (Wildman–Crippen LogP) is -0.124. The van der Waals surface area contributed by atoms with Crippen LogP contribution in [0.2, 0.25) is 0 Å². The van der Waals surface area contributed by atoms with Gasteiger partial charge in [0.25, 0.3) is 5.56 Å². The van der Waals surface area contributed by atoms with E-state index in [9.17, 15) is 18.8 Å². The van der Waals surface area contributed by atoms with Crippen LogP contribution in [-0.4, -0.2) is 21.4 Å². The second-order valence-electron chi connectivity index (χ2n) is 3.57. The van der Waals surface area contributed by atoms with Crippen LogP contribution in [0.3, 0.4) is 0 Å². The second-order valence-corrected chi connectivity index (χ2v) is 3.57. The van der Waals surface area contributed by atoms with Gasteiger partial charge in [-0.1, -0.05) is 0 Å². The third-order valence-corrected chi connectivity index (χ3v) is 2.36. The predicted molar refractivity (Wildman–Crippen MR) is 55.1 cm³/mol. The topological polar surface area (TPSA) is 81.2 Å². The van der Waals surface area contributed by atoms with Gasteiger partial charge in [0, 0.05) is 18.3 Å². The summed E-state index contributed by atoms with van der Waals surface area (Å²) in [6.45, 7) is 1.39. The SMILES string of the molecule is C[C@H]1O[C@@H](n2ccc(=O)[nH]c2=O)C=C(F)C1=O. The van der Waals surface area contributed by atoms with Gasteiger partial charge in [0.05, 0.1) is 0 Å². The number of nitrogens with zero attached hydrogens (tertiary/aromatic N) is 1. The number of rotatable bonds is 1. The Morgan fingerprint density at radius 1 is 1.41 bits per heavy atom. The van der Waals surface area contributed by atoms with Gasteiger partial charge in [0.2, 0.25) is 5.78 Å². The van der Waals surface area contributed by atoms with Crippen molar-refractivity contribution in [3.8, 4) is 0 Å². The number of hydrogen-bond donors (Lipinski definition) is 1. The van der Waals surface area contributed by atoms with E-state index in [4.69, 9.17) is 4.74 Å². The molecule has 0 aliphatic carbocycles. The van der Waals surface area contributed by atoms with Crippen molar-refractivity contribution in [1.82, 2.24) is 9.55 Å². The Balaban J connectivity index is 2.45. The molecule has 1 aromatic rings. The summed E-state index contributed by atoms with van der Waals surface area (Å²) < 4.78 is 19.4. The molecule has 1 aliphatic rings. The lowest BCUT2D eigenvalue weighted by Gasteiger charge is -2.24. The molecule has 2 rings (SSSR count). The number of aromatic amines is 1. The van der Waals surface area contributed by atoms with E-state index in [-0.39, 0.29) is 0 Å². The highest BCUT2D eigenvalue weighted by Crippen LogP contribution is 2.22. The van der Waals surface area contributed by atoms with Gasteiger partial charge in [-0.3, -0.25) is 19.1 Å². The Labute approximate surface area is 94.3 Å². The van der Waals surface area contributed by atoms with Crippen LogP contribution in [0.25, 0.3) is 0 Å². The number of ether oxygens (including phenoxy) is 1. The summed E-state index contributed by atoms with van der Waals surface area (Å²) in [5.74, 6) is -1.72. The fourth-order valence-electron chi connectivity index (χ4n) is 1.49. The number of H-pyrrole nitrogens is 1. The van der Waals surface area contributed by atoms with Crippen molar-refractivity contribution in [3.05, 3.63) is 45.0 Å². The summed E-state index contributed by atoms with van der Waals surface area (Å²) in [4.78, 5) is 35.4. The smallest absolute Gasteiger partial charge is 0.330 e. The van der Waals surface area contributed by atoms with Crippen LogP contribution in [-0.2, 0) is 9.53 Å². The minimum Gasteiger partial charge on any atom is -0.343 e. The van der Waals surface area contributed by atoms with E-state index in [2.05, 4.69) is 0 Å². The minimum absolute atomic E-state index is 0.560. The van der Waals surface area contributed by atoms with E-state index < -0.39 is 35.2 Å². The molecule has 1 aliphatic heterocycles. The first-order valence-corrected chi connectivity index (χ1v) is 4.87. The van der Waals surface area contributed by atoms with Crippen molar-refractivity contribution in [2.75, 3.05) is 0 Å². The van der Waals surface area contributed by atoms with Gasteiger partial charge in [0.15, 0.2) is 12.1 Å². The molecule has 6 nitrogen and oxygen atoms in total. The maximum atomic E-state index is 13.2. The number of nitrogens with one attached hydrogen (secondary N) is 1. The molecule has 17 heavy (non-hydrogen) atoms. The average molecular weight is 240 g/mol. The molecule has 0 bridgehead atoms. The zero-order valence-corrected chi connectivity index (χ0v) is 8.84. The molecule has 90 valence electrons. The van der Waals surface area contributed by atoms with Gasteiger partial charge in [-0.05, 0) is 6.92 Å². The Kier molecular flexibility index (Phi) is 2.76. The third kappa shape index (κ3) is 2.09. The lowest BCUT2D eigenvalue weighted by atomic mass is 10.1. The number of carbonyl (C=O) groups is 1. The molecule has 0 radical (unpaired) electrons. The molecular formula is C10H9FN2O4. The first kappa shape index (κ1) is 11.5. The highest BCUT2D eigenvalue weighted by molar-refractivity contribution is 5.97.